The van der Waals surface area contributed by atoms with Crippen molar-refractivity contribution >= 4 is 5.78 Å². The maximum atomic E-state index is 12.2. The van der Waals surface area contributed by atoms with Gasteiger partial charge in [-0.2, -0.15) is 5.10 Å². The smallest absolute Gasteiger partial charge is 0.259 e. The van der Waals surface area contributed by atoms with Crippen molar-refractivity contribution in [2.24, 2.45) is 7.05 Å². The molecule has 0 bridgehead atoms. The van der Waals surface area contributed by atoms with Crippen LogP contribution in [-0.4, -0.2) is 35.6 Å². The number of hydrogen-bond donors (Lipinski definition) is 1. The molecule has 0 amide bonds. The molecule has 1 saturated heterocycles. The predicted octanol–water partition coefficient (Wildman–Crippen LogP) is 1.48. The van der Waals surface area contributed by atoms with E-state index < -0.39 is 0 Å². The van der Waals surface area contributed by atoms with E-state index in [-0.39, 0.29) is 11.6 Å². The summed E-state index contributed by atoms with van der Waals surface area (Å²) in [6.07, 6.45) is 10.7. The highest BCUT2D eigenvalue weighted by atomic mass is 16.1. The van der Waals surface area contributed by atoms with Crippen LogP contribution in [0.4, 0.5) is 0 Å². The topological polar surface area (TPSA) is 71.2 Å². The number of aromatic nitrogens is 5. The van der Waals surface area contributed by atoms with Crippen LogP contribution in [0.3, 0.4) is 0 Å². The van der Waals surface area contributed by atoms with Gasteiger partial charge in [-0.3, -0.25) is 18.8 Å². The van der Waals surface area contributed by atoms with Gasteiger partial charge >= 0.3 is 0 Å². The average molecular weight is 312 g/mol. The number of fused-ring (bicyclic) bond motifs is 1. The van der Waals surface area contributed by atoms with E-state index in [9.17, 15) is 4.79 Å². The van der Waals surface area contributed by atoms with Gasteiger partial charge in [0.1, 0.15) is 0 Å². The molecular weight excluding hydrogens is 292 g/mol. The molecule has 0 radical (unpaired) electrons. The van der Waals surface area contributed by atoms with Crippen LogP contribution in [0, 0.1) is 0 Å². The molecule has 3 aromatic rings. The second kappa shape index (κ2) is 5.66. The maximum Gasteiger partial charge on any atom is 0.259 e. The Morgan fingerprint density at radius 3 is 3.13 bits per heavy atom. The summed E-state index contributed by atoms with van der Waals surface area (Å²) in [5, 5.41) is 4.25. The van der Waals surface area contributed by atoms with Gasteiger partial charge < -0.3 is 4.98 Å². The summed E-state index contributed by atoms with van der Waals surface area (Å²) in [6.45, 7) is 1.88. The second-order valence-electron chi connectivity index (χ2n) is 6.19. The SMILES string of the molecule is Cn1cc(CN2CCCC[C@@H]2c2cc(=O)n3ccnc3[nH]2)cn1. The molecule has 1 fully saturated rings. The number of nitrogens with one attached hydrogen (secondary N) is 1. The Morgan fingerprint density at radius 1 is 1.39 bits per heavy atom. The molecule has 1 atom stereocenters. The van der Waals surface area contributed by atoms with Crippen LogP contribution in [0.5, 0.6) is 0 Å². The minimum atomic E-state index is -0.0295. The van der Waals surface area contributed by atoms with Gasteiger partial charge in [-0.25, -0.2) is 4.98 Å². The van der Waals surface area contributed by atoms with Crippen LogP contribution in [0.1, 0.15) is 36.6 Å². The molecule has 4 rings (SSSR count). The molecule has 1 aliphatic rings. The highest BCUT2D eigenvalue weighted by Crippen LogP contribution is 2.30. The van der Waals surface area contributed by atoms with E-state index in [1.807, 2.05) is 24.1 Å². The number of imidazole rings is 1. The number of H-pyrrole nitrogens is 1. The molecule has 1 N–H and O–H groups in total. The third kappa shape index (κ3) is 2.68. The summed E-state index contributed by atoms with van der Waals surface area (Å²) in [5.74, 6) is 0.611. The molecule has 1 aliphatic heterocycles. The van der Waals surface area contributed by atoms with Crippen LogP contribution < -0.4 is 5.56 Å². The summed E-state index contributed by atoms with van der Waals surface area (Å²) >= 11 is 0. The number of aromatic amines is 1. The highest BCUT2D eigenvalue weighted by Gasteiger charge is 2.25. The lowest BCUT2D eigenvalue weighted by molar-refractivity contribution is 0.137. The molecule has 3 aromatic heterocycles. The molecule has 120 valence electrons. The van der Waals surface area contributed by atoms with Gasteiger partial charge in [-0.1, -0.05) is 6.42 Å². The monoisotopic (exact) mass is 312 g/mol. The van der Waals surface area contributed by atoms with E-state index in [1.54, 1.807) is 18.5 Å². The van der Waals surface area contributed by atoms with Crippen molar-refractivity contribution in [3.8, 4) is 0 Å². The van der Waals surface area contributed by atoms with E-state index in [4.69, 9.17) is 0 Å². The zero-order chi connectivity index (χ0) is 15.8. The van der Waals surface area contributed by atoms with Crippen molar-refractivity contribution in [2.45, 2.75) is 31.8 Å². The molecular formula is C16H20N6O. The number of nitrogens with zero attached hydrogens (tertiary/aromatic N) is 5. The van der Waals surface area contributed by atoms with Gasteiger partial charge in [-0.15, -0.1) is 0 Å². The summed E-state index contributed by atoms with van der Waals surface area (Å²) in [5.41, 5.74) is 2.12. The molecule has 0 aromatic carbocycles. The van der Waals surface area contributed by atoms with Gasteiger partial charge in [-0.05, 0) is 19.4 Å². The summed E-state index contributed by atoms with van der Waals surface area (Å²) in [6, 6.07) is 1.93. The number of hydrogen-bond acceptors (Lipinski definition) is 4. The van der Waals surface area contributed by atoms with E-state index in [0.29, 0.717) is 5.78 Å². The average Bonchev–Trinajstić information content (AvgIpc) is 3.17. The quantitative estimate of drug-likeness (QED) is 0.795. The number of rotatable bonds is 3. The van der Waals surface area contributed by atoms with Gasteiger partial charge in [0, 0.05) is 49.5 Å². The maximum absolute atomic E-state index is 12.2. The Morgan fingerprint density at radius 2 is 2.30 bits per heavy atom. The number of likely N-dealkylation sites (tertiary alicyclic amines) is 1. The first kappa shape index (κ1) is 14.2. The first-order valence-electron chi connectivity index (χ1n) is 7.98. The fourth-order valence-electron chi connectivity index (χ4n) is 3.44. The minimum absolute atomic E-state index is 0.0295. The summed E-state index contributed by atoms with van der Waals surface area (Å²) in [4.78, 5) is 22.2. The predicted molar refractivity (Wildman–Crippen MR) is 86.0 cm³/mol. The Hall–Kier alpha value is -2.41. The standard InChI is InChI=1S/C16H20N6O/c1-20-10-12(9-18-20)11-21-6-3-2-4-14(21)13-8-15(23)22-7-5-17-16(22)19-13/h5,7-10,14H,2-4,6,11H2,1H3,(H,17,19)/t14-/m1/s1. The van der Waals surface area contributed by atoms with Gasteiger partial charge in [0.05, 0.1) is 12.2 Å². The molecule has 7 heteroatoms. The fourth-order valence-corrected chi connectivity index (χ4v) is 3.44. The van der Waals surface area contributed by atoms with Crippen LogP contribution >= 0.6 is 0 Å². The Bertz CT molecular complexity index is 876. The van der Waals surface area contributed by atoms with Crippen LogP contribution in [0.25, 0.3) is 5.78 Å². The van der Waals surface area contributed by atoms with E-state index in [1.165, 1.54) is 22.8 Å². The van der Waals surface area contributed by atoms with Crippen LogP contribution in [0.15, 0.2) is 35.6 Å². The normalized spacial score (nSPS) is 19.4. The largest absolute Gasteiger partial charge is 0.327 e. The lowest BCUT2D eigenvalue weighted by Gasteiger charge is -2.35. The Kier molecular flexibility index (Phi) is 3.49. The van der Waals surface area contributed by atoms with Crippen molar-refractivity contribution in [2.75, 3.05) is 6.54 Å². The molecule has 0 saturated carbocycles. The van der Waals surface area contributed by atoms with E-state index in [0.717, 1.165) is 25.2 Å². The molecule has 23 heavy (non-hydrogen) atoms. The molecule has 4 heterocycles. The first-order chi connectivity index (χ1) is 11.2. The van der Waals surface area contributed by atoms with Crippen molar-refractivity contribution < 1.29 is 0 Å². The third-order valence-corrected chi connectivity index (χ3v) is 4.53. The first-order valence-corrected chi connectivity index (χ1v) is 7.98. The van der Waals surface area contributed by atoms with Gasteiger partial charge in [0.15, 0.2) is 0 Å². The van der Waals surface area contributed by atoms with E-state index in [2.05, 4.69) is 20.0 Å². The molecule has 0 unspecified atom stereocenters. The lowest BCUT2D eigenvalue weighted by Crippen LogP contribution is -2.34. The van der Waals surface area contributed by atoms with Crippen molar-refractivity contribution in [3.05, 3.63) is 52.5 Å². The second-order valence-corrected chi connectivity index (χ2v) is 6.19. The number of aryl methyl sites for hydroxylation is 1. The summed E-state index contributed by atoms with van der Waals surface area (Å²) in [7, 11) is 1.93. The Balaban J connectivity index is 1.67. The number of piperidine rings is 1. The highest BCUT2D eigenvalue weighted by molar-refractivity contribution is 5.30. The van der Waals surface area contributed by atoms with Crippen molar-refractivity contribution in [3.63, 3.8) is 0 Å². The summed E-state index contributed by atoms with van der Waals surface area (Å²) < 4.78 is 3.37. The zero-order valence-electron chi connectivity index (χ0n) is 13.1. The van der Waals surface area contributed by atoms with Crippen molar-refractivity contribution in [1.82, 2.24) is 29.0 Å². The van der Waals surface area contributed by atoms with Gasteiger partial charge in [0.2, 0.25) is 5.78 Å². The lowest BCUT2D eigenvalue weighted by atomic mass is 9.98. The van der Waals surface area contributed by atoms with Gasteiger partial charge in [0.25, 0.3) is 5.56 Å². The fraction of sp³-hybridized carbons (Fsp3) is 0.438. The minimum Gasteiger partial charge on any atom is -0.327 e. The van der Waals surface area contributed by atoms with Crippen LogP contribution in [0.2, 0.25) is 0 Å². The third-order valence-electron chi connectivity index (χ3n) is 4.53. The Labute approximate surface area is 133 Å². The molecule has 7 nitrogen and oxygen atoms in total. The molecule has 0 spiro atoms. The molecule has 0 aliphatic carbocycles. The zero-order valence-corrected chi connectivity index (χ0v) is 13.1. The van der Waals surface area contributed by atoms with Crippen molar-refractivity contribution in [1.29, 1.82) is 0 Å². The van der Waals surface area contributed by atoms with Crippen LogP contribution in [-0.2, 0) is 13.6 Å². The van der Waals surface area contributed by atoms with E-state index >= 15 is 0 Å².